The fourth-order valence-corrected chi connectivity index (χ4v) is 4.02. The van der Waals surface area contributed by atoms with Gasteiger partial charge in [-0.1, -0.05) is 12.1 Å². The highest BCUT2D eigenvalue weighted by atomic mass is 16.6. The number of nitrogens with zero attached hydrogens (tertiary/aromatic N) is 2. The van der Waals surface area contributed by atoms with Crippen molar-refractivity contribution in [1.82, 2.24) is 10.3 Å². The highest BCUT2D eigenvalue weighted by Gasteiger charge is 2.26. The molecule has 2 heterocycles. The number of amides is 3. The van der Waals surface area contributed by atoms with Crippen LogP contribution in [0.25, 0.3) is 0 Å². The summed E-state index contributed by atoms with van der Waals surface area (Å²) in [4.78, 5) is 44.2. The van der Waals surface area contributed by atoms with Crippen LogP contribution in [0.3, 0.4) is 0 Å². The molecule has 1 aliphatic rings. The van der Waals surface area contributed by atoms with E-state index in [1.54, 1.807) is 35.4 Å². The molecule has 3 amide bonds. The van der Waals surface area contributed by atoms with Crippen LogP contribution in [0.1, 0.15) is 48.0 Å². The molecule has 0 bridgehead atoms. The SMILES string of the molecule is Cc1ccc(C(=O)Nc2ccc3c(c2)CCN3C(=O)Cc2ccccn2)c(OC(=O)NC(C)(C)C)c1. The molecule has 2 aromatic carbocycles. The van der Waals surface area contributed by atoms with Gasteiger partial charge in [-0.05, 0) is 87.7 Å². The van der Waals surface area contributed by atoms with Gasteiger partial charge in [-0.3, -0.25) is 14.6 Å². The van der Waals surface area contributed by atoms with Crippen LogP contribution in [-0.4, -0.2) is 35.0 Å². The third-order valence-electron chi connectivity index (χ3n) is 5.65. The molecule has 8 heteroatoms. The normalized spacial score (nSPS) is 12.6. The third-order valence-corrected chi connectivity index (χ3v) is 5.65. The van der Waals surface area contributed by atoms with Crippen molar-refractivity contribution in [3.63, 3.8) is 0 Å². The Morgan fingerprint density at radius 3 is 2.58 bits per heavy atom. The second kappa shape index (κ2) is 10.2. The number of ether oxygens (including phenoxy) is 1. The van der Waals surface area contributed by atoms with Crippen molar-refractivity contribution in [1.29, 1.82) is 0 Å². The average Bonchev–Trinajstić information content (AvgIpc) is 3.22. The van der Waals surface area contributed by atoms with Crippen LogP contribution in [0.5, 0.6) is 5.75 Å². The summed E-state index contributed by atoms with van der Waals surface area (Å²) in [6.07, 6.45) is 1.98. The molecular formula is C28H30N4O4. The summed E-state index contributed by atoms with van der Waals surface area (Å²) in [7, 11) is 0. The molecule has 0 atom stereocenters. The molecule has 0 saturated carbocycles. The zero-order valence-electron chi connectivity index (χ0n) is 20.9. The Kier molecular flexibility index (Phi) is 7.05. The van der Waals surface area contributed by atoms with Crippen molar-refractivity contribution in [2.75, 3.05) is 16.8 Å². The Hall–Kier alpha value is -4.20. The fraction of sp³-hybridized carbons (Fsp3) is 0.286. The van der Waals surface area contributed by atoms with Crippen molar-refractivity contribution in [3.05, 3.63) is 83.2 Å². The number of carbonyl (C=O) groups excluding carboxylic acids is 3. The van der Waals surface area contributed by atoms with E-state index in [9.17, 15) is 14.4 Å². The van der Waals surface area contributed by atoms with Gasteiger partial charge < -0.3 is 20.3 Å². The molecule has 0 unspecified atom stereocenters. The van der Waals surface area contributed by atoms with E-state index in [0.717, 1.165) is 22.5 Å². The first-order chi connectivity index (χ1) is 17.1. The number of pyridine rings is 1. The van der Waals surface area contributed by atoms with Crippen molar-refractivity contribution in [2.24, 2.45) is 0 Å². The summed E-state index contributed by atoms with van der Waals surface area (Å²) in [5.41, 5.74) is 3.78. The van der Waals surface area contributed by atoms with Gasteiger partial charge in [0.15, 0.2) is 0 Å². The Morgan fingerprint density at radius 1 is 1.06 bits per heavy atom. The van der Waals surface area contributed by atoms with Gasteiger partial charge in [0.1, 0.15) is 5.75 Å². The number of aryl methyl sites for hydroxylation is 1. The molecule has 4 rings (SSSR count). The molecular weight excluding hydrogens is 456 g/mol. The predicted octanol–water partition coefficient (Wildman–Crippen LogP) is 4.66. The monoisotopic (exact) mass is 486 g/mol. The Morgan fingerprint density at radius 2 is 1.86 bits per heavy atom. The number of rotatable bonds is 5. The summed E-state index contributed by atoms with van der Waals surface area (Å²) in [5.74, 6) is -0.226. The molecule has 2 N–H and O–H groups in total. The van der Waals surface area contributed by atoms with Crippen LogP contribution in [-0.2, 0) is 17.6 Å². The molecule has 186 valence electrons. The number of anilines is 2. The zero-order chi connectivity index (χ0) is 25.9. The van der Waals surface area contributed by atoms with Gasteiger partial charge >= 0.3 is 6.09 Å². The minimum absolute atomic E-state index is 0.0146. The highest BCUT2D eigenvalue weighted by Crippen LogP contribution is 2.31. The highest BCUT2D eigenvalue weighted by molar-refractivity contribution is 6.07. The first-order valence-corrected chi connectivity index (χ1v) is 11.8. The van der Waals surface area contributed by atoms with E-state index in [2.05, 4.69) is 15.6 Å². The number of hydrogen-bond donors (Lipinski definition) is 2. The molecule has 1 aliphatic heterocycles. The van der Waals surface area contributed by atoms with Crippen LogP contribution in [0.2, 0.25) is 0 Å². The van der Waals surface area contributed by atoms with Crippen molar-refractivity contribution >= 4 is 29.3 Å². The van der Waals surface area contributed by atoms with Gasteiger partial charge in [0.05, 0.1) is 12.0 Å². The molecule has 3 aromatic rings. The maximum Gasteiger partial charge on any atom is 0.413 e. The van der Waals surface area contributed by atoms with Crippen LogP contribution in [0, 0.1) is 6.92 Å². The molecule has 0 saturated heterocycles. The van der Waals surface area contributed by atoms with Gasteiger partial charge in [0, 0.05) is 35.3 Å². The average molecular weight is 487 g/mol. The second-order valence-corrected chi connectivity index (χ2v) is 9.85. The Labute approximate surface area is 210 Å². The van der Waals surface area contributed by atoms with Crippen molar-refractivity contribution < 1.29 is 19.1 Å². The van der Waals surface area contributed by atoms with Gasteiger partial charge in [-0.2, -0.15) is 0 Å². The van der Waals surface area contributed by atoms with E-state index < -0.39 is 17.5 Å². The second-order valence-electron chi connectivity index (χ2n) is 9.85. The number of fused-ring (bicyclic) bond motifs is 1. The number of benzene rings is 2. The van der Waals surface area contributed by atoms with Crippen molar-refractivity contribution in [2.45, 2.75) is 46.1 Å². The lowest BCUT2D eigenvalue weighted by molar-refractivity contribution is -0.117. The van der Waals surface area contributed by atoms with E-state index in [1.165, 1.54) is 0 Å². The van der Waals surface area contributed by atoms with Crippen LogP contribution in [0.4, 0.5) is 16.2 Å². The van der Waals surface area contributed by atoms with Gasteiger partial charge in [-0.15, -0.1) is 0 Å². The quantitative estimate of drug-likeness (QED) is 0.546. The summed E-state index contributed by atoms with van der Waals surface area (Å²) >= 11 is 0. The predicted molar refractivity (Wildman–Crippen MR) is 138 cm³/mol. The van der Waals surface area contributed by atoms with E-state index in [4.69, 9.17) is 4.74 Å². The Bertz CT molecular complexity index is 1300. The summed E-state index contributed by atoms with van der Waals surface area (Å²) in [6, 6.07) is 16.1. The van der Waals surface area contributed by atoms with E-state index in [-0.39, 0.29) is 23.6 Å². The topological polar surface area (TPSA) is 101 Å². The first-order valence-electron chi connectivity index (χ1n) is 11.8. The minimum Gasteiger partial charge on any atom is -0.409 e. The lowest BCUT2D eigenvalue weighted by Crippen LogP contribution is -2.42. The van der Waals surface area contributed by atoms with E-state index in [1.807, 2.05) is 58.0 Å². The van der Waals surface area contributed by atoms with E-state index >= 15 is 0 Å². The number of nitrogens with one attached hydrogen (secondary N) is 2. The maximum atomic E-state index is 13.1. The molecule has 0 aliphatic carbocycles. The number of hydrogen-bond acceptors (Lipinski definition) is 5. The standard InChI is InChI=1S/C28H30N4O4/c1-18-8-10-22(24(15-18)36-27(35)31-28(2,3)4)26(34)30-21-9-11-23-19(16-21)12-14-32(23)25(33)17-20-7-5-6-13-29-20/h5-11,13,15-16H,12,14,17H2,1-4H3,(H,30,34)(H,31,35). The smallest absolute Gasteiger partial charge is 0.409 e. The van der Waals surface area contributed by atoms with Crippen LogP contribution >= 0.6 is 0 Å². The van der Waals surface area contributed by atoms with Crippen LogP contribution < -0.4 is 20.3 Å². The third kappa shape index (κ3) is 6.07. The van der Waals surface area contributed by atoms with Crippen molar-refractivity contribution in [3.8, 4) is 5.75 Å². The van der Waals surface area contributed by atoms with E-state index in [0.29, 0.717) is 18.7 Å². The first kappa shape index (κ1) is 24.9. The molecule has 36 heavy (non-hydrogen) atoms. The molecule has 0 radical (unpaired) electrons. The number of carbonyl (C=O) groups is 3. The molecule has 1 aromatic heterocycles. The fourth-order valence-electron chi connectivity index (χ4n) is 4.02. The minimum atomic E-state index is -0.629. The van der Waals surface area contributed by atoms with Gasteiger partial charge in [0.2, 0.25) is 5.91 Å². The molecule has 0 fully saturated rings. The Balaban J connectivity index is 1.47. The zero-order valence-corrected chi connectivity index (χ0v) is 20.9. The number of aromatic nitrogens is 1. The summed E-state index contributed by atoms with van der Waals surface area (Å²) in [5, 5.41) is 5.62. The lowest BCUT2D eigenvalue weighted by Gasteiger charge is -2.20. The summed E-state index contributed by atoms with van der Waals surface area (Å²) < 4.78 is 5.46. The molecule has 8 nitrogen and oxygen atoms in total. The van der Waals surface area contributed by atoms with Gasteiger partial charge in [-0.25, -0.2) is 4.79 Å². The van der Waals surface area contributed by atoms with Gasteiger partial charge in [0.25, 0.3) is 5.91 Å². The summed E-state index contributed by atoms with van der Waals surface area (Å²) in [6.45, 7) is 7.98. The maximum absolute atomic E-state index is 13.1. The van der Waals surface area contributed by atoms with Crippen LogP contribution in [0.15, 0.2) is 60.8 Å². The molecule has 0 spiro atoms. The largest absolute Gasteiger partial charge is 0.413 e. The lowest BCUT2D eigenvalue weighted by atomic mass is 10.1.